The van der Waals surface area contributed by atoms with E-state index in [1.54, 1.807) is 6.07 Å². The van der Waals surface area contributed by atoms with Gasteiger partial charge in [-0.25, -0.2) is 0 Å². The van der Waals surface area contributed by atoms with Gasteiger partial charge in [-0.2, -0.15) is 13.2 Å². The number of aryl methyl sites for hydroxylation is 1. The average molecular weight is 402 g/mol. The molecule has 2 rings (SSSR count). The minimum absolute atomic E-state index is 0.0518. The van der Waals surface area contributed by atoms with E-state index in [1.807, 2.05) is 24.3 Å². The van der Waals surface area contributed by atoms with E-state index < -0.39 is 12.8 Å². The molecule has 0 aliphatic heterocycles. The molecule has 0 atom stereocenters. The molecule has 0 fully saturated rings. The van der Waals surface area contributed by atoms with Crippen molar-refractivity contribution in [3.8, 4) is 5.75 Å². The van der Waals surface area contributed by atoms with Gasteiger partial charge in [-0.1, -0.05) is 40.2 Å². The van der Waals surface area contributed by atoms with Crippen molar-refractivity contribution < 1.29 is 22.7 Å². The number of carbonyl (C=O) groups excluding carboxylic acids is 1. The molecule has 0 saturated heterocycles. The van der Waals surface area contributed by atoms with Crippen LogP contribution >= 0.6 is 15.9 Å². The van der Waals surface area contributed by atoms with Crippen LogP contribution in [0.2, 0.25) is 0 Å². The Balaban J connectivity index is 1.88. The van der Waals surface area contributed by atoms with Crippen LogP contribution in [0, 0.1) is 0 Å². The normalized spacial score (nSPS) is 11.2. The SMILES string of the molecule is O=C(CCc1ccccc1Br)Nc1cccc(OCC(F)(F)F)c1. The zero-order valence-electron chi connectivity index (χ0n) is 12.6. The fourth-order valence-electron chi connectivity index (χ4n) is 2.00. The number of anilines is 1. The van der Waals surface area contributed by atoms with Gasteiger partial charge in [-0.3, -0.25) is 4.79 Å². The van der Waals surface area contributed by atoms with E-state index in [0.29, 0.717) is 12.1 Å². The number of carbonyl (C=O) groups is 1. The molecule has 0 aromatic heterocycles. The predicted octanol–water partition coefficient (Wildman–Crippen LogP) is 4.96. The predicted molar refractivity (Wildman–Crippen MR) is 89.1 cm³/mol. The van der Waals surface area contributed by atoms with Gasteiger partial charge >= 0.3 is 6.18 Å². The van der Waals surface area contributed by atoms with Crippen LogP contribution in [0.25, 0.3) is 0 Å². The second-order valence-electron chi connectivity index (χ2n) is 5.07. The molecule has 128 valence electrons. The monoisotopic (exact) mass is 401 g/mol. The first-order valence-corrected chi connectivity index (χ1v) is 7.96. The number of benzene rings is 2. The number of ether oxygens (including phenoxy) is 1. The Morgan fingerprint density at radius 2 is 1.88 bits per heavy atom. The lowest BCUT2D eigenvalue weighted by Gasteiger charge is -2.11. The van der Waals surface area contributed by atoms with Gasteiger partial charge in [0.15, 0.2) is 6.61 Å². The largest absolute Gasteiger partial charge is 0.484 e. The van der Waals surface area contributed by atoms with Crippen molar-refractivity contribution in [1.82, 2.24) is 0 Å². The van der Waals surface area contributed by atoms with Crippen molar-refractivity contribution in [3.63, 3.8) is 0 Å². The van der Waals surface area contributed by atoms with Gasteiger partial charge in [0.05, 0.1) is 0 Å². The third-order valence-electron chi connectivity index (χ3n) is 3.10. The zero-order valence-corrected chi connectivity index (χ0v) is 14.2. The van der Waals surface area contributed by atoms with E-state index in [9.17, 15) is 18.0 Å². The molecule has 1 N–H and O–H groups in total. The summed E-state index contributed by atoms with van der Waals surface area (Å²) in [7, 11) is 0. The van der Waals surface area contributed by atoms with Crippen molar-refractivity contribution >= 4 is 27.5 Å². The van der Waals surface area contributed by atoms with E-state index in [-0.39, 0.29) is 18.1 Å². The Labute approximate surface area is 146 Å². The highest BCUT2D eigenvalue weighted by Gasteiger charge is 2.28. The van der Waals surface area contributed by atoms with E-state index in [4.69, 9.17) is 0 Å². The molecule has 0 heterocycles. The lowest BCUT2D eigenvalue weighted by Crippen LogP contribution is -2.19. The summed E-state index contributed by atoms with van der Waals surface area (Å²) >= 11 is 3.42. The summed E-state index contributed by atoms with van der Waals surface area (Å²) in [5.74, 6) is -0.172. The molecule has 0 aliphatic rings. The quantitative estimate of drug-likeness (QED) is 0.742. The van der Waals surface area contributed by atoms with E-state index in [1.165, 1.54) is 18.2 Å². The van der Waals surface area contributed by atoms with Crippen molar-refractivity contribution in [2.45, 2.75) is 19.0 Å². The fraction of sp³-hybridized carbons (Fsp3) is 0.235. The molecule has 0 saturated carbocycles. The van der Waals surface area contributed by atoms with Crippen LogP contribution in [-0.2, 0) is 11.2 Å². The van der Waals surface area contributed by atoms with Crippen LogP contribution in [0.4, 0.5) is 18.9 Å². The van der Waals surface area contributed by atoms with Crippen LogP contribution < -0.4 is 10.1 Å². The number of amides is 1. The van der Waals surface area contributed by atoms with Crippen LogP contribution in [0.15, 0.2) is 53.0 Å². The van der Waals surface area contributed by atoms with Crippen LogP contribution in [0.3, 0.4) is 0 Å². The third-order valence-corrected chi connectivity index (χ3v) is 3.87. The number of halogens is 4. The van der Waals surface area contributed by atoms with Crippen molar-refractivity contribution in [2.75, 3.05) is 11.9 Å². The molecule has 0 aliphatic carbocycles. The molecular weight excluding hydrogens is 387 g/mol. The molecule has 2 aromatic carbocycles. The molecule has 0 radical (unpaired) electrons. The second kappa shape index (κ2) is 8.19. The molecular formula is C17H15BrF3NO2. The first-order chi connectivity index (χ1) is 11.3. The standard InChI is InChI=1S/C17H15BrF3NO2/c18-15-7-2-1-4-12(15)8-9-16(23)22-13-5-3-6-14(10-13)24-11-17(19,20)21/h1-7,10H,8-9,11H2,(H,22,23). The Morgan fingerprint density at radius 1 is 1.12 bits per heavy atom. The molecule has 1 amide bonds. The maximum absolute atomic E-state index is 12.1. The first kappa shape index (κ1) is 18.3. The molecule has 24 heavy (non-hydrogen) atoms. The summed E-state index contributed by atoms with van der Waals surface area (Å²) in [5, 5.41) is 2.65. The highest BCUT2D eigenvalue weighted by Crippen LogP contribution is 2.22. The third kappa shape index (κ3) is 6.23. The summed E-state index contributed by atoms with van der Waals surface area (Å²) in [6.45, 7) is -1.37. The van der Waals surface area contributed by atoms with Gasteiger partial charge < -0.3 is 10.1 Å². The summed E-state index contributed by atoms with van der Waals surface area (Å²) in [6.07, 6.45) is -3.59. The Kier molecular flexibility index (Phi) is 6.25. The number of hydrogen-bond acceptors (Lipinski definition) is 2. The van der Waals surface area contributed by atoms with Gasteiger partial charge in [-0.15, -0.1) is 0 Å². The van der Waals surface area contributed by atoms with Gasteiger partial charge in [0.25, 0.3) is 0 Å². The summed E-state index contributed by atoms with van der Waals surface area (Å²) < 4.78 is 42.0. The minimum Gasteiger partial charge on any atom is -0.484 e. The molecule has 2 aromatic rings. The number of nitrogens with one attached hydrogen (secondary N) is 1. The highest BCUT2D eigenvalue weighted by molar-refractivity contribution is 9.10. The second-order valence-corrected chi connectivity index (χ2v) is 5.93. The topological polar surface area (TPSA) is 38.3 Å². The Hall–Kier alpha value is -2.02. The van der Waals surface area contributed by atoms with Crippen LogP contribution in [-0.4, -0.2) is 18.7 Å². The van der Waals surface area contributed by atoms with Crippen molar-refractivity contribution in [2.24, 2.45) is 0 Å². The first-order valence-electron chi connectivity index (χ1n) is 7.16. The smallest absolute Gasteiger partial charge is 0.422 e. The maximum Gasteiger partial charge on any atom is 0.422 e. The van der Waals surface area contributed by atoms with E-state index >= 15 is 0 Å². The van der Waals surface area contributed by atoms with E-state index in [0.717, 1.165) is 10.0 Å². The molecule has 0 bridgehead atoms. The lowest BCUT2D eigenvalue weighted by atomic mass is 10.1. The average Bonchev–Trinajstić information content (AvgIpc) is 2.52. The van der Waals surface area contributed by atoms with Crippen molar-refractivity contribution in [3.05, 3.63) is 58.6 Å². The van der Waals surface area contributed by atoms with Crippen LogP contribution in [0.5, 0.6) is 5.75 Å². The summed E-state index contributed by atoms with van der Waals surface area (Å²) in [5.41, 5.74) is 1.40. The molecule has 0 unspecified atom stereocenters. The van der Waals surface area contributed by atoms with Gasteiger partial charge in [0.2, 0.25) is 5.91 Å². The summed E-state index contributed by atoms with van der Waals surface area (Å²) in [4.78, 5) is 12.0. The molecule has 7 heteroatoms. The molecule has 3 nitrogen and oxygen atoms in total. The van der Waals surface area contributed by atoms with E-state index in [2.05, 4.69) is 26.0 Å². The zero-order chi connectivity index (χ0) is 17.6. The van der Waals surface area contributed by atoms with Gasteiger partial charge in [0, 0.05) is 22.6 Å². The lowest BCUT2D eigenvalue weighted by molar-refractivity contribution is -0.153. The number of hydrogen-bond donors (Lipinski definition) is 1. The number of rotatable bonds is 6. The highest BCUT2D eigenvalue weighted by atomic mass is 79.9. The maximum atomic E-state index is 12.1. The van der Waals surface area contributed by atoms with Gasteiger partial charge in [-0.05, 0) is 30.2 Å². The van der Waals surface area contributed by atoms with Crippen LogP contribution in [0.1, 0.15) is 12.0 Å². The molecule has 0 spiro atoms. The fourth-order valence-corrected chi connectivity index (χ4v) is 2.48. The Bertz CT molecular complexity index is 704. The summed E-state index contributed by atoms with van der Waals surface area (Å²) in [6, 6.07) is 13.5. The van der Waals surface area contributed by atoms with Crippen molar-refractivity contribution in [1.29, 1.82) is 0 Å². The van der Waals surface area contributed by atoms with Gasteiger partial charge in [0.1, 0.15) is 5.75 Å². The minimum atomic E-state index is -4.40. The Morgan fingerprint density at radius 3 is 2.58 bits per heavy atom. The number of alkyl halides is 3.